The summed E-state index contributed by atoms with van der Waals surface area (Å²) < 4.78 is 1.39. The maximum Gasteiger partial charge on any atom is 0.274 e. The lowest BCUT2D eigenvalue weighted by atomic mass is 9.85. The van der Waals surface area contributed by atoms with Gasteiger partial charge in [-0.05, 0) is 18.9 Å². The van der Waals surface area contributed by atoms with Crippen LogP contribution in [0.5, 0.6) is 0 Å². The summed E-state index contributed by atoms with van der Waals surface area (Å²) in [7, 11) is 0. The van der Waals surface area contributed by atoms with E-state index in [1.807, 2.05) is 18.2 Å². The van der Waals surface area contributed by atoms with E-state index >= 15 is 0 Å². The molecule has 0 unspecified atom stereocenters. The predicted octanol–water partition coefficient (Wildman–Crippen LogP) is 2.60. The summed E-state index contributed by atoms with van der Waals surface area (Å²) in [4.78, 5) is 25.0. The minimum Gasteiger partial charge on any atom is -0.350 e. The summed E-state index contributed by atoms with van der Waals surface area (Å²) in [6.45, 7) is 0.658. The fourth-order valence-corrected chi connectivity index (χ4v) is 3.84. The number of hydrogen-bond donors (Lipinski definition) is 2. The largest absolute Gasteiger partial charge is 0.350 e. The monoisotopic (exact) mass is 365 g/mol. The van der Waals surface area contributed by atoms with Crippen molar-refractivity contribution in [3.63, 3.8) is 0 Å². The van der Waals surface area contributed by atoms with E-state index in [2.05, 4.69) is 20.6 Å². The Labute approximate surface area is 156 Å². The molecular formula is C20H23N5O2. The maximum atomic E-state index is 12.6. The third-order valence-corrected chi connectivity index (χ3v) is 5.30. The van der Waals surface area contributed by atoms with Gasteiger partial charge < -0.3 is 5.32 Å². The van der Waals surface area contributed by atoms with Crippen molar-refractivity contribution in [2.24, 2.45) is 0 Å². The van der Waals surface area contributed by atoms with Crippen molar-refractivity contribution in [2.45, 2.75) is 44.6 Å². The summed E-state index contributed by atoms with van der Waals surface area (Å²) >= 11 is 0. The van der Waals surface area contributed by atoms with Crippen LogP contribution in [-0.2, 0) is 6.54 Å². The molecule has 2 heterocycles. The molecule has 7 heteroatoms. The lowest BCUT2D eigenvalue weighted by Crippen LogP contribution is -2.32. The van der Waals surface area contributed by atoms with E-state index in [1.165, 1.54) is 23.9 Å². The third kappa shape index (κ3) is 3.63. The summed E-state index contributed by atoms with van der Waals surface area (Å²) in [5.41, 5.74) is 1.41. The molecule has 2 N–H and O–H groups in total. The molecular weight excluding hydrogens is 342 g/mol. The Hall–Kier alpha value is -2.96. The molecule has 0 aliphatic heterocycles. The molecule has 1 aliphatic rings. The van der Waals surface area contributed by atoms with Crippen LogP contribution < -0.4 is 10.9 Å². The zero-order chi connectivity index (χ0) is 18.6. The van der Waals surface area contributed by atoms with Crippen LogP contribution in [-0.4, -0.2) is 32.4 Å². The molecule has 1 amide bonds. The number of nitrogens with one attached hydrogen (secondary N) is 2. The van der Waals surface area contributed by atoms with Crippen LogP contribution in [0.15, 0.2) is 41.5 Å². The second-order valence-corrected chi connectivity index (χ2v) is 7.05. The number of hydrogen-bond acceptors (Lipinski definition) is 4. The number of fused-ring (bicyclic) bond motifs is 1. The number of H-pyrrole nitrogens is 1. The van der Waals surface area contributed by atoms with E-state index in [1.54, 1.807) is 18.5 Å². The van der Waals surface area contributed by atoms with E-state index < -0.39 is 0 Å². The number of nitrogens with zero attached hydrogens (tertiary/aromatic N) is 3. The number of amides is 1. The number of rotatable bonds is 5. The van der Waals surface area contributed by atoms with Crippen LogP contribution in [0.4, 0.5) is 0 Å². The molecule has 1 aliphatic carbocycles. The Morgan fingerprint density at radius 2 is 2.00 bits per heavy atom. The van der Waals surface area contributed by atoms with Gasteiger partial charge in [0.25, 0.3) is 11.5 Å². The molecule has 1 aromatic carbocycles. The fourth-order valence-electron chi connectivity index (χ4n) is 3.84. The minimum atomic E-state index is -0.154. The van der Waals surface area contributed by atoms with Crippen molar-refractivity contribution >= 4 is 16.7 Å². The van der Waals surface area contributed by atoms with Crippen molar-refractivity contribution in [1.29, 1.82) is 0 Å². The topological polar surface area (TPSA) is 92.7 Å². The number of aromatic amines is 1. The van der Waals surface area contributed by atoms with Crippen LogP contribution in [0, 0.1) is 0 Å². The molecule has 0 saturated heterocycles. The molecule has 0 spiro atoms. The van der Waals surface area contributed by atoms with Crippen LogP contribution in [0.2, 0.25) is 0 Å². The molecule has 2 aromatic heterocycles. The van der Waals surface area contributed by atoms with E-state index in [4.69, 9.17) is 0 Å². The highest BCUT2D eigenvalue weighted by Gasteiger charge is 2.23. The quantitative estimate of drug-likeness (QED) is 0.727. The van der Waals surface area contributed by atoms with Gasteiger partial charge in [-0.1, -0.05) is 37.5 Å². The third-order valence-electron chi connectivity index (χ3n) is 5.30. The van der Waals surface area contributed by atoms with Crippen LogP contribution in [0.25, 0.3) is 10.8 Å². The zero-order valence-electron chi connectivity index (χ0n) is 15.1. The van der Waals surface area contributed by atoms with E-state index in [0.29, 0.717) is 30.0 Å². The van der Waals surface area contributed by atoms with Gasteiger partial charge in [-0.2, -0.15) is 10.2 Å². The summed E-state index contributed by atoms with van der Waals surface area (Å²) in [6, 6.07) is 7.36. The van der Waals surface area contributed by atoms with E-state index in [0.717, 1.165) is 23.9 Å². The minimum absolute atomic E-state index is 0.145. The highest BCUT2D eigenvalue weighted by atomic mass is 16.2. The standard InChI is InChI=1S/C20H23N5O2/c26-19(17-13-22-24-18(17)14-6-2-1-3-7-14)21-10-11-25-20(27)16-9-5-4-8-15(16)12-23-25/h4-5,8-9,12-14H,1-3,6-7,10-11H2,(H,21,26)(H,22,24). The molecule has 0 radical (unpaired) electrons. The Morgan fingerprint density at radius 3 is 2.85 bits per heavy atom. The van der Waals surface area contributed by atoms with Gasteiger partial charge in [-0.25, -0.2) is 4.68 Å². The first-order valence-electron chi connectivity index (χ1n) is 9.50. The molecule has 4 rings (SSSR count). The van der Waals surface area contributed by atoms with Gasteiger partial charge in [0.15, 0.2) is 0 Å². The summed E-state index contributed by atoms with van der Waals surface area (Å²) in [5, 5.41) is 15.6. The van der Waals surface area contributed by atoms with Crippen LogP contribution in [0.1, 0.15) is 54.1 Å². The first-order valence-corrected chi connectivity index (χ1v) is 9.50. The predicted molar refractivity (Wildman–Crippen MR) is 103 cm³/mol. The number of carbonyl (C=O) groups excluding carboxylic acids is 1. The maximum absolute atomic E-state index is 12.6. The Morgan fingerprint density at radius 1 is 1.19 bits per heavy atom. The van der Waals surface area contributed by atoms with Gasteiger partial charge >= 0.3 is 0 Å². The zero-order valence-corrected chi connectivity index (χ0v) is 15.1. The Balaban J connectivity index is 1.41. The van der Waals surface area contributed by atoms with Gasteiger partial charge in [0.2, 0.25) is 0 Å². The van der Waals surface area contributed by atoms with Gasteiger partial charge in [0.1, 0.15) is 0 Å². The van der Waals surface area contributed by atoms with Crippen molar-refractivity contribution in [3.8, 4) is 0 Å². The van der Waals surface area contributed by atoms with Crippen LogP contribution in [0.3, 0.4) is 0 Å². The van der Waals surface area contributed by atoms with Gasteiger partial charge in [0.05, 0.1) is 35.6 Å². The highest BCUT2D eigenvalue weighted by molar-refractivity contribution is 5.95. The molecule has 1 saturated carbocycles. The SMILES string of the molecule is O=C(NCCn1ncc2ccccc2c1=O)c1cn[nH]c1C1CCCCC1. The highest BCUT2D eigenvalue weighted by Crippen LogP contribution is 2.33. The number of carbonyl (C=O) groups is 1. The van der Waals surface area contributed by atoms with Crippen molar-refractivity contribution in [3.05, 3.63) is 58.3 Å². The average molecular weight is 365 g/mol. The molecule has 27 heavy (non-hydrogen) atoms. The van der Waals surface area contributed by atoms with E-state index in [-0.39, 0.29) is 11.5 Å². The normalized spacial score (nSPS) is 15.1. The summed E-state index contributed by atoms with van der Waals surface area (Å²) in [6.07, 6.45) is 9.12. The molecule has 3 aromatic rings. The smallest absolute Gasteiger partial charge is 0.274 e. The van der Waals surface area contributed by atoms with Crippen LogP contribution >= 0.6 is 0 Å². The molecule has 0 atom stereocenters. The lowest BCUT2D eigenvalue weighted by molar-refractivity contribution is 0.0950. The van der Waals surface area contributed by atoms with Crippen molar-refractivity contribution < 1.29 is 4.79 Å². The molecule has 140 valence electrons. The van der Waals surface area contributed by atoms with Crippen molar-refractivity contribution in [1.82, 2.24) is 25.3 Å². The fraction of sp³-hybridized carbons (Fsp3) is 0.400. The Kier molecular flexibility index (Phi) is 5.00. The Bertz CT molecular complexity index is 1000. The van der Waals surface area contributed by atoms with Gasteiger partial charge in [-0.3, -0.25) is 14.7 Å². The molecule has 1 fully saturated rings. The van der Waals surface area contributed by atoms with Gasteiger partial charge in [0, 0.05) is 17.8 Å². The molecule has 0 bridgehead atoms. The second kappa shape index (κ2) is 7.73. The second-order valence-electron chi connectivity index (χ2n) is 7.05. The average Bonchev–Trinajstić information content (AvgIpc) is 3.20. The summed E-state index contributed by atoms with van der Waals surface area (Å²) in [5.74, 6) is 0.227. The first kappa shape index (κ1) is 17.5. The lowest BCUT2D eigenvalue weighted by Gasteiger charge is -2.21. The van der Waals surface area contributed by atoms with Gasteiger partial charge in [-0.15, -0.1) is 0 Å². The molecule has 7 nitrogen and oxygen atoms in total. The number of aromatic nitrogens is 4. The van der Waals surface area contributed by atoms with Crippen molar-refractivity contribution in [2.75, 3.05) is 6.54 Å². The van der Waals surface area contributed by atoms with E-state index in [9.17, 15) is 9.59 Å². The number of benzene rings is 1. The first-order chi connectivity index (χ1) is 13.2.